The van der Waals surface area contributed by atoms with Gasteiger partial charge >= 0.3 is 12.2 Å². The molecule has 0 aromatic heterocycles. The Hall–Kier alpha value is -2.57. The fourth-order valence-electron chi connectivity index (χ4n) is 2.83. The first-order valence-corrected chi connectivity index (χ1v) is 9.45. The van der Waals surface area contributed by atoms with Gasteiger partial charge in [0.15, 0.2) is 5.78 Å². The summed E-state index contributed by atoms with van der Waals surface area (Å²) in [6.45, 7) is 7.32. The molecule has 1 rings (SSSR count). The number of nitrogens with one attached hydrogen (secondary N) is 1. The highest BCUT2D eigenvalue weighted by Crippen LogP contribution is 2.19. The number of ether oxygens (including phenoxy) is 2. The van der Waals surface area contributed by atoms with Crippen molar-refractivity contribution in [1.82, 2.24) is 10.4 Å². The number of carbonyl (C=O) groups is 3. The van der Waals surface area contributed by atoms with E-state index >= 15 is 0 Å². The molecule has 0 aliphatic rings. The molecule has 0 fully saturated rings. The predicted molar refractivity (Wildman–Crippen MR) is 102 cm³/mol. The van der Waals surface area contributed by atoms with Gasteiger partial charge in [-0.05, 0) is 38.7 Å². The smallest absolute Gasteiger partial charge is 0.429 e. The molecule has 0 aliphatic heterocycles. The maximum atomic E-state index is 13.2. The number of rotatable bonds is 9. The maximum absolute atomic E-state index is 13.2. The van der Waals surface area contributed by atoms with Gasteiger partial charge in [-0.2, -0.15) is 0 Å². The van der Waals surface area contributed by atoms with Crippen molar-refractivity contribution in [3.05, 3.63) is 35.9 Å². The van der Waals surface area contributed by atoms with E-state index in [9.17, 15) is 14.4 Å². The number of Topliss-reactive ketones (excluding diaryl/α,β-unsaturated/α-hetero) is 1. The number of amides is 2. The van der Waals surface area contributed by atoms with Crippen LogP contribution < -0.4 is 5.43 Å². The van der Waals surface area contributed by atoms with Gasteiger partial charge in [0.25, 0.3) is 0 Å². The zero-order valence-corrected chi connectivity index (χ0v) is 16.6. The number of nitrogens with zero attached hydrogens (tertiary/aromatic N) is 1. The Balaban J connectivity index is 3.01. The molecule has 7 nitrogen and oxygen atoms in total. The minimum absolute atomic E-state index is 0.117. The van der Waals surface area contributed by atoms with E-state index in [1.165, 1.54) is 0 Å². The number of carbonyl (C=O) groups excluding carboxylic acids is 3. The van der Waals surface area contributed by atoms with Crippen LogP contribution in [-0.2, 0) is 20.7 Å². The zero-order valence-electron chi connectivity index (χ0n) is 16.6. The van der Waals surface area contributed by atoms with Crippen molar-refractivity contribution < 1.29 is 23.9 Å². The number of ketones is 1. The standard InChI is InChI=1S/C20H30N2O5/c1-5-16(14-15-12-10-9-11-13-15)18(23)17(6-2)22(20(25)27-8-4)21-19(24)26-7-3/h9-13,16-17H,5-8,14H2,1-4H3,(H,21,24). The van der Waals surface area contributed by atoms with Crippen LogP contribution in [-0.4, -0.2) is 42.2 Å². The van der Waals surface area contributed by atoms with E-state index in [0.29, 0.717) is 19.3 Å². The highest BCUT2D eigenvalue weighted by molar-refractivity contribution is 5.90. The minimum Gasteiger partial charge on any atom is -0.449 e. The second-order valence-electron chi connectivity index (χ2n) is 6.02. The molecule has 0 aliphatic carbocycles. The van der Waals surface area contributed by atoms with Gasteiger partial charge in [-0.25, -0.2) is 20.0 Å². The van der Waals surface area contributed by atoms with Gasteiger partial charge < -0.3 is 9.47 Å². The van der Waals surface area contributed by atoms with Crippen LogP contribution >= 0.6 is 0 Å². The summed E-state index contributed by atoms with van der Waals surface area (Å²) in [5.41, 5.74) is 3.40. The Morgan fingerprint density at radius 2 is 1.59 bits per heavy atom. The number of hydrogen-bond acceptors (Lipinski definition) is 5. The number of hydrazine groups is 1. The summed E-state index contributed by atoms with van der Waals surface area (Å²) in [5.74, 6) is -0.396. The fraction of sp³-hybridized carbons (Fsp3) is 0.550. The van der Waals surface area contributed by atoms with Crippen molar-refractivity contribution in [3.8, 4) is 0 Å². The van der Waals surface area contributed by atoms with E-state index in [1.54, 1.807) is 20.8 Å². The largest absolute Gasteiger partial charge is 0.449 e. The fourth-order valence-corrected chi connectivity index (χ4v) is 2.83. The molecule has 27 heavy (non-hydrogen) atoms. The molecule has 2 amide bonds. The van der Waals surface area contributed by atoms with Crippen LogP contribution in [0.2, 0.25) is 0 Å². The van der Waals surface area contributed by atoms with Gasteiger partial charge in [-0.1, -0.05) is 44.2 Å². The SMILES string of the molecule is CCOC(=O)NN(C(=O)OCC)C(CC)C(=O)C(CC)Cc1ccccc1. The van der Waals surface area contributed by atoms with Crippen molar-refractivity contribution in [3.63, 3.8) is 0 Å². The highest BCUT2D eigenvalue weighted by Gasteiger charge is 2.34. The van der Waals surface area contributed by atoms with Gasteiger partial charge in [-0.15, -0.1) is 0 Å². The molecule has 1 aromatic rings. The molecule has 1 aromatic carbocycles. The topological polar surface area (TPSA) is 84.9 Å². The lowest BCUT2D eigenvalue weighted by Gasteiger charge is -2.31. The summed E-state index contributed by atoms with van der Waals surface area (Å²) in [6, 6.07) is 8.89. The molecular formula is C20H30N2O5. The van der Waals surface area contributed by atoms with Crippen LogP contribution in [0.25, 0.3) is 0 Å². The third-order valence-corrected chi connectivity index (χ3v) is 4.20. The first kappa shape index (κ1) is 22.5. The van der Waals surface area contributed by atoms with Crippen molar-refractivity contribution in [2.75, 3.05) is 13.2 Å². The predicted octanol–water partition coefficient (Wildman–Crippen LogP) is 3.72. The Morgan fingerprint density at radius 1 is 0.963 bits per heavy atom. The summed E-state index contributed by atoms with van der Waals surface area (Å²) in [6.07, 6.45) is -0.0356. The summed E-state index contributed by atoms with van der Waals surface area (Å²) in [4.78, 5) is 37.3. The number of hydrogen-bond donors (Lipinski definition) is 1. The van der Waals surface area contributed by atoms with E-state index in [0.717, 1.165) is 10.6 Å². The van der Waals surface area contributed by atoms with Crippen LogP contribution in [0.3, 0.4) is 0 Å². The van der Waals surface area contributed by atoms with Crippen molar-refractivity contribution in [2.24, 2.45) is 5.92 Å². The molecule has 1 N–H and O–H groups in total. The maximum Gasteiger partial charge on any atom is 0.429 e. The average Bonchev–Trinajstić information content (AvgIpc) is 2.66. The minimum atomic E-state index is -0.831. The van der Waals surface area contributed by atoms with E-state index in [2.05, 4.69) is 5.43 Å². The quantitative estimate of drug-likeness (QED) is 0.662. The molecule has 0 saturated heterocycles. The molecule has 0 heterocycles. The first-order valence-electron chi connectivity index (χ1n) is 9.45. The lowest BCUT2D eigenvalue weighted by Crippen LogP contribution is -2.56. The van der Waals surface area contributed by atoms with Crippen LogP contribution in [0.4, 0.5) is 9.59 Å². The van der Waals surface area contributed by atoms with E-state index in [-0.39, 0.29) is 24.9 Å². The van der Waals surface area contributed by atoms with Crippen molar-refractivity contribution in [2.45, 2.75) is 53.0 Å². The van der Waals surface area contributed by atoms with Gasteiger partial charge in [0, 0.05) is 5.92 Å². The van der Waals surface area contributed by atoms with Gasteiger partial charge in [-0.3, -0.25) is 4.79 Å². The second-order valence-corrected chi connectivity index (χ2v) is 6.02. The third-order valence-electron chi connectivity index (χ3n) is 4.20. The number of benzene rings is 1. The zero-order chi connectivity index (χ0) is 20.2. The summed E-state index contributed by atoms with van der Waals surface area (Å²) >= 11 is 0. The lowest BCUT2D eigenvalue weighted by molar-refractivity contribution is -0.129. The molecule has 2 atom stereocenters. The van der Waals surface area contributed by atoms with Crippen molar-refractivity contribution >= 4 is 18.0 Å². The van der Waals surface area contributed by atoms with Crippen LogP contribution in [0.15, 0.2) is 30.3 Å². The summed E-state index contributed by atoms with van der Waals surface area (Å²) < 4.78 is 9.86. The van der Waals surface area contributed by atoms with Gasteiger partial charge in [0.05, 0.1) is 13.2 Å². The molecule has 150 valence electrons. The molecular weight excluding hydrogens is 348 g/mol. The Kier molecular flexibility index (Phi) is 9.93. The second kappa shape index (κ2) is 11.9. The molecule has 2 unspecified atom stereocenters. The lowest BCUT2D eigenvalue weighted by atomic mass is 9.88. The van der Waals surface area contributed by atoms with E-state index < -0.39 is 18.2 Å². The van der Waals surface area contributed by atoms with Gasteiger partial charge in [0.1, 0.15) is 6.04 Å². The molecule has 0 radical (unpaired) electrons. The molecule has 0 saturated carbocycles. The molecule has 0 spiro atoms. The monoisotopic (exact) mass is 378 g/mol. The van der Waals surface area contributed by atoms with Gasteiger partial charge in [0.2, 0.25) is 0 Å². The first-order chi connectivity index (χ1) is 13.0. The highest BCUT2D eigenvalue weighted by atomic mass is 16.6. The molecule has 7 heteroatoms. The third kappa shape index (κ3) is 6.92. The van der Waals surface area contributed by atoms with Crippen molar-refractivity contribution in [1.29, 1.82) is 0 Å². The Morgan fingerprint density at radius 3 is 2.11 bits per heavy atom. The Labute approximate surface area is 161 Å². The summed E-state index contributed by atoms with van der Waals surface area (Å²) in [7, 11) is 0. The van der Waals surface area contributed by atoms with E-state index in [4.69, 9.17) is 9.47 Å². The van der Waals surface area contributed by atoms with Crippen LogP contribution in [0, 0.1) is 5.92 Å². The Bertz CT molecular complexity index is 606. The van der Waals surface area contributed by atoms with E-state index in [1.807, 2.05) is 37.3 Å². The molecule has 0 bridgehead atoms. The van der Waals surface area contributed by atoms with Crippen LogP contribution in [0.5, 0.6) is 0 Å². The summed E-state index contributed by atoms with van der Waals surface area (Å²) in [5, 5.41) is 0.956. The van der Waals surface area contributed by atoms with Crippen LogP contribution in [0.1, 0.15) is 46.1 Å². The average molecular weight is 378 g/mol. The normalized spacial score (nSPS) is 12.6.